The maximum absolute atomic E-state index is 4.78. The molecule has 1 heteroatoms. The van der Waals surface area contributed by atoms with Crippen LogP contribution in [0.2, 0.25) is 0 Å². The Morgan fingerprint density at radius 3 is 2.49 bits per heavy atom. The monoisotopic (exact) mass is 704 g/mol. The normalized spacial score (nSPS) is 30.4. The van der Waals surface area contributed by atoms with Gasteiger partial charge in [0.05, 0.1) is 0 Å². The number of hydrogen-bond donors (Lipinski definition) is 1. The van der Waals surface area contributed by atoms with E-state index in [0.29, 0.717) is 29.2 Å². The van der Waals surface area contributed by atoms with Crippen molar-refractivity contribution in [2.24, 2.45) is 28.6 Å². The highest BCUT2D eigenvalue weighted by atomic mass is 14.9. The molecular weight excluding hydrogens is 639 g/mol. The lowest BCUT2D eigenvalue weighted by Crippen LogP contribution is -2.37. The lowest BCUT2D eigenvalue weighted by molar-refractivity contribution is 0.181. The summed E-state index contributed by atoms with van der Waals surface area (Å²) in [4.78, 5) is 0. The molecule has 6 aliphatic rings. The van der Waals surface area contributed by atoms with Crippen LogP contribution in [0.3, 0.4) is 0 Å². The summed E-state index contributed by atoms with van der Waals surface area (Å²) < 4.78 is 0. The van der Waals surface area contributed by atoms with Crippen LogP contribution in [0.4, 0.5) is 0 Å². The van der Waals surface area contributed by atoms with E-state index in [0.717, 1.165) is 31.6 Å². The van der Waals surface area contributed by atoms with E-state index < -0.39 is 0 Å². The second-order valence-corrected chi connectivity index (χ2v) is 17.6. The SMILES string of the molecule is C=C/C=C\CC1=CC[C@@H](NC(/C=C\C=C/C)Cc2ccc(C3/C=C\C(=C)C4=CC5C(C=C4C(C)(C)CC3)C3CCCC=C3C53CCCCC3)cc2)C=C1. The largest absolute Gasteiger partial charge is 0.304 e. The van der Waals surface area contributed by atoms with Gasteiger partial charge in [0.25, 0.3) is 0 Å². The van der Waals surface area contributed by atoms with E-state index in [-0.39, 0.29) is 11.5 Å². The molecule has 278 valence electrons. The number of rotatable bonds is 10. The van der Waals surface area contributed by atoms with E-state index in [1.165, 1.54) is 85.6 Å². The molecular formula is C52H65N. The van der Waals surface area contributed by atoms with Gasteiger partial charge in [-0.05, 0) is 133 Å². The molecule has 0 amide bonds. The van der Waals surface area contributed by atoms with Crippen LogP contribution in [0, 0.1) is 28.6 Å². The Kier molecular flexibility index (Phi) is 11.9. The first-order valence-electron chi connectivity index (χ1n) is 21.1. The van der Waals surface area contributed by atoms with Crippen molar-refractivity contribution in [1.82, 2.24) is 5.32 Å². The summed E-state index contributed by atoms with van der Waals surface area (Å²) in [5, 5.41) is 3.92. The van der Waals surface area contributed by atoms with E-state index in [1.54, 1.807) is 5.57 Å². The minimum atomic E-state index is 0.106. The molecule has 2 saturated carbocycles. The van der Waals surface area contributed by atoms with Gasteiger partial charge < -0.3 is 5.32 Å². The smallest absolute Gasteiger partial charge is 0.0299 e. The molecule has 0 radical (unpaired) electrons. The predicted octanol–water partition coefficient (Wildman–Crippen LogP) is 13.5. The van der Waals surface area contributed by atoms with Gasteiger partial charge in [0, 0.05) is 18.0 Å². The standard InChI is InChI=1S/C52H65N/c1-6-8-11-17-39-24-29-43(30-25-39)53-44(18-12-9-7-2)35-40-22-27-41(28-23-40)42-26-21-38(3)46-36-50-47(37-49(46)51(4,5)34-31-42)45-19-13-14-20-48(45)52(50)32-15-10-16-33-52/h6-9,11-12,18,20-29,36-37,42-45,47,50,53H,1,3,10,13-17,19,30-35H2,2,4-5H3/b9-7-,11-8-,18-12-,26-21-/t42?,43-,44?,45?,47?,50?/m0/s1. The molecule has 0 heterocycles. The number of nitrogens with one attached hydrogen (secondary N) is 1. The Balaban J connectivity index is 1.07. The van der Waals surface area contributed by atoms with Gasteiger partial charge in [-0.3, -0.25) is 0 Å². The van der Waals surface area contributed by atoms with E-state index in [9.17, 15) is 0 Å². The third kappa shape index (κ3) is 8.22. The van der Waals surface area contributed by atoms with Crippen LogP contribution in [-0.4, -0.2) is 12.1 Å². The molecule has 5 unspecified atom stereocenters. The molecule has 1 nitrogen and oxygen atoms in total. The Morgan fingerprint density at radius 2 is 1.74 bits per heavy atom. The Hall–Kier alpha value is -3.68. The number of hydrogen-bond acceptors (Lipinski definition) is 1. The Labute approximate surface area is 322 Å². The highest BCUT2D eigenvalue weighted by Crippen LogP contribution is 2.66. The molecule has 1 aromatic rings. The minimum absolute atomic E-state index is 0.106. The maximum Gasteiger partial charge on any atom is 0.0299 e. The third-order valence-corrected chi connectivity index (χ3v) is 13.7. The van der Waals surface area contributed by atoms with Gasteiger partial charge in [0.2, 0.25) is 0 Å². The number of benzene rings is 1. The second kappa shape index (κ2) is 16.8. The van der Waals surface area contributed by atoms with Gasteiger partial charge in [-0.2, -0.15) is 0 Å². The first-order valence-corrected chi connectivity index (χ1v) is 21.1. The Morgan fingerprint density at radius 1 is 0.906 bits per heavy atom. The fourth-order valence-corrected chi connectivity index (χ4v) is 10.9. The van der Waals surface area contributed by atoms with Gasteiger partial charge in [-0.15, -0.1) is 0 Å². The highest BCUT2D eigenvalue weighted by molar-refractivity contribution is 5.57. The van der Waals surface area contributed by atoms with E-state index in [1.807, 2.05) is 17.7 Å². The lowest BCUT2D eigenvalue weighted by Gasteiger charge is -2.43. The zero-order valence-corrected chi connectivity index (χ0v) is 33.0. The Bertz CT molecular complexity index is 1770. The zero-order valence-electron chi connectivity index (χ0n) is 33.0. The van der Waals surface area contributed by atoms with Crippen LogP contribution >= 0.6 is 0 Å². The number of allylic oxidation sites excluding steroid dienone is 17. The summed E-state index contributed by atoms with van der Waals surface area (Å²) in [6, 6.07) is 10.1. The summed E-state index contributed by atoms with van der Waals surface area (Å²) in [6.07, 6.45) is 51.2. The summed E-state index contributed by atoms with van der Waals surface area (Å²) in [5.41, 5.74) is 10.8. The van der Waals surface area contributed by atoms with Crippen LogP contribution in [0.25, 0.3) is 0 Å². The lowest BCUT2D eigenvalue weighted by atomic mass is 9.61. The first kappa shape index (κ1) is 37.6. The van der Waals surface area contributed by atoms with Crippen molar-refractivity contribution in [1.29, 1.82) is 0 Å². The molecule has 0 aliphatic heterocycles. The number of fused-ring (bicyclic) bond motifs is 6. The van der Waals surface area contributed by atoms with E-state index in [2.05, 4.69) is 136 Å². The van der Waals surface area contributed by atoms with Gasteiger partial charge in [-0.25, -0.2) is 0 Å². The van der Waals surface area contributed by atoms with Crippen molar-refractivity contribution < 1.29 is 0 Å². The van der Waals surface area contributed by atoms with Gasteiger partial charge in [0.15, 0.2) is 0 Å². The molecule has 53 heavy (non-hydrogen) atoms. The fraction of sp³-hybridized carbons (Fsp3) is 0.462. The van der Waals surface area contributed by atoms with Crippen LogP contribution in [0.15, 0.2) is 156 Å². The van der Waals surface area contributed by atoms with Crippen LogP contribution in [0.5, 0.6) is 0 Å². The van der Waals surface area contributed by atoms with Crippen LogP contribution in [0.1, 0.15) is 115 Å². The van der Waals surface area contributed by atoms with Crippen LogP contribution < -0.4 is 5.32 Å². The molecule has 1 aromatic carbocycles. The van der Waals surface area contributed by atoms with Crippen LogP contribution in [-0.2, 0) is 6.42 Å². The van der Waals surface area contributed by atoms with Crippen molar-refractivity contribution in [2.75, 3.05) is 0 Å². The average Bonchev–Trinajstić information content (AvgIpc) is 3.45. The molecule has 0 saturated heterocycles. The van der Waals surface area contributed by atoms with Gasteiger partial charge in [-0.1, -0.05) is 167 Å². The summed E-state index contributed by atoms with van der Waals surface area (Å²) in [5.74, 6) is 2.44. The van der Waals surface area contributed by atoms with Crippen molar-refractivity contribution in [2.45, 2.75) is 122 Å². The third-order valence-electron chi connectivity index (χ3n) is 13.7. The zero-order chi connectivity index (χ0) is 36.8. The topological polar surface area (TPSA) is 12.0 Å². The van der Waals surface area contributed by atoms with E-state index >= 15 is 0 Å². The molecule has 6 aliphatic carbocycles. The quantitative estimate of drug-likeness (QED) is 0.189. The first-order chi connectivity index (χ1) is 25.8. The predicted molar refractivity (Wildman–Crippen MR) is 229 cm³/mol. The highest BCUT2D eigenvalue weighted by Gasteiger charge is 2.56. The van der Waals surface area contributed by atoms with E-state index in [4.69, 9.17) is 6.58 Å². The molecule has 2 fully saturated rings. The summed E-state index contributed by atoms with van der Waals surface area (Å²) >= 11 is 0. The molecule has 1 N–H and O–H groups in total. The average molecular weight is 704 g/mol. The molecule has 0 aromatic heterocycles. The summed E-state index contributed by atoms with van der Waals surface area (Å²) in [7, 11) is 0. The van der Waals surface area contributed by atoms with Crippen molar-refractivity contribution in [3.63, 3.8) is 0 Å². The van der Waals surface area contributed by atoms with Crippen molar-refractivity contribution >= 4 is 0 Å². The minimum Gasteiger partial charge on any atom is -0.304 e. The molecule has 6 atom stereocenters. The summed E-state index contributed by atoms with van der Waals surface area (Å²) in [6.45, 7) is 15.7. The fourth-order valence-electron chi connectivity index (χ4n) is 10.9. The van der Waals surface area contributed by atoms with Crippen molar-refractivity contribution in [3.8, 4) is 0 Å². The molecule has 7 rings (SSSR count). The molecule has 0 bridgehead atoms. The van der Waals surface area contributed by atoms with Gasteiger partial charge >= 0.3 is 0 Å². The maximum atomic E-state index is 4.78. The van der Waals surface area contributed by atoms with Gasteiger partial charge in [0.1, 0.15) is 0 Å². The molecule has 1 spiro atoms. The van der Waals surface area contributed by atoms with Crippen molar-refractivity contribution in [3.05, 3.63) is 168 Å². The second-order valence-electron chi connectivity index (χ2n) is 17.6.